The lowest BCUT2D eigenvalue weighted by molar-refractivity contribution is -0.384. The Bertz CT molecular complexity index is 533. The Balaban J connectivity index is 2.26. The highest BCUT2D eigenvalue weighted by molar-refractivity contribution is 6.34. The van der Waals surface area contributed by atoms with Crippen LogP contribution in [0.2, 0.25) is 5.02 Å². The van der Waals surface area contributed by atoms with Gasteiger partial charge in [0.05, 0.1) is 15.5 Å². The second kappa shape index (κ2) is 6.22. The maximum Gasteiger partial charge on any atom is 0.270 e. The van der Waals surface area contributed by atoms with Gasteiger partial charge >= 0.3 is 0 Å². The third-order valence-corrected chi connectivity index (χ3v) is 4.07. The van der Waals surface area contributed by atoms with Crippen LogP contribution < -0.4 is 0 Å². The van der Waals surface area contributed by atoms with Crippen LogP contribution >= 0.6 is 11.6 Å². The minimum absolute atomic E-state index is 0.0998. The summed E-state index contributed by atoms with van der Waals surface area (Å²) in [5.74, 6) is -0.128. The minimum Gasteiger partial charge on any atom is -0.336 e. The zero-order chi connectivity index (χ0) is 14.7. The predicted octanol–water partition coefficient (Wildman–Crippen LogP) is 3.65. The van der Waals surface area contributed by atoms with E-state index in [9.17, 15) is 14.9 Å². The molecule has 0 bridgehead atoms. The van der Waals surface area contributed by atoms with Gasteiger partial charge in [0.1, 0.15) is 0 Å². The van der Waals surface area contributed by atoms with E-state index in [0.717, 1.165) is 32.2 Å². The summed E-state index contributed by atoms with van der Waals surface area (Å²) >= 11 is 6.03. The maximum atomic E-state index is 12.5. The number of hydrogen-bond acceptors (Lipinski definition) is 3. The van der Waals surface area contributed by atoms with E-state index in [1.54, 1.807) is 0 Å². The minimum atomic E-state index is -0.518. The highest BCUT2D eigenvalue weighted by atomic mass is 35.5. The lowest BCUT2D eigenvalue weighted by Crippen LogP contribution is -2.43. The van der Waals surface area contributed by atoms with E-state index >= 15 is 0 Å². The fraction of sp³-hybridized carbons (Fsp3) is 0.500. The van der Waals surface area contributed by atoms with Gasteiger partial charge in [0, 0.05) is 24.7 Å². The molecule has 20 heavy (non-hydrogen) atoms. The molecule has 1 aliphatic rings. The Kier molecular flexibility index (Phi) is 4.60. The van der Waals surface area contributed by atoms with Crippen LogP contribution in [0.25, 0.3) is 0 Å². The van der Waals surface area contributed by atoms with Crippen molar-refractivity contribution in [2.24, 2.45) is 0 Å². The number of carbonyl (C=O) groups is 1. The van der Waals surface area contributed by atoms with Gasteiger partial charge in [0.2, 0.25) is 0 Å². The van der Waals surface area contributed by atoms with Crippen LogP contribution in [-0.4, -0.2) is 28.3 Å². The lowest BCUT2D eigenvalue weighted by Gasteiger charge is -2.35. The first-order valence-corrected chi connectivity index (χ1v) is 7.17. The molecule has 108 valence electrons. The number of likely N-dealkylation sites (tertiary alicyclic amines) is 1. The smallest absolute Gasteiger partial charge is 0.270 e. The van der Waals surface area contributed by atoms with Crippen molar-refractivity contribution in [3.63, 3.8) is 0 Å². The Morgan fingerprint density at radius 2 is 2.25 bits per heavy atom. The van der Waals surface area contributed by atoms with Crippen LogP contribution in [0, 0.1) is 10.1 Å². The van der Waals surface area contributed by atoms with E-state index in [4.69, 9.17) is 11.6 Å². The number of benzene rings is 1. The summed E-state index contributed by atoms with van der Waals surface area (Å²) in [5, 5.41) is 10.8. The van der Waals surface area contributed by atoms with Crippen molar-refractivity contribution < 1.29 is 9.72 Å². The third kappa shape index (κ3) is 2.93. The van der Waals surface area contributed by atoms with Crippen molar-refractivity contribution in [3.05, 3.63) is 38.9 Å². The monoisotopic (exact) mass is 296 g/mol. The number of halogens is 1. The van der Waals surface area contributed by atoms with Crippen molar-refractivity contribution in [3.8, 4) is 0 Å². The second-order valence-electron chi connectivity index (χ2n) is 4.98. The number of nitrogens with zero attached hydrogens (tertiary/aromatic N) is 2. The molecule has 0 aliphatic carbocycles. The molecule has 1 aromatic rings. The third-order valence-electron chi connectivity index (χ3n) is 3.75. The van der Waals surface area contributed by atoms with Gasteiger partial charge in [-0.25, -0.2) is 0 Å². The molecule has 2 rings (SSSR count). The van der Waals surface area contributed by atoms with Gasteiger partial charge in [0.25, 0.3) is 11.6 Å². The number of amides is 1. The first-order chi connectivity index (χ1) is 9.54. The van der Waals surface area contributed by atoms with Crippen LogP contribution in [-0.2, 0) is 0 Å². The molecule has 1 atom stereocenters. The molecule has 0 radical (unpaired) electrons. The average Bonchev–Trinajstić information content (AvgIpc) is 2.46. The Labute approximate surface area is 122 Å². The van der Waals surface area contributed by atoms with Gasteiger partial charge in [-0.2, -0.15) is 0 Å². The molecular weight excluding hydrogens is 280 g/mol. The molecule has 1 aliphatic heterocycles. The quantitative estimate of drug-likeness (QED) is 0.631. The van der Waals surface area contributed by atoms with E-state index in [-0.39, 0.29) is 22.7 Å². The van der Waals surface area contributed by atoms with Gasteiger partial charge in [-0.15, -0.1) is 0 Å². The number of piperidine rings is 1. The molecule has 1 saturated heterocycles. The van der Waals surface area contributed by atoms with Gasteiger partial charge in [-0.3, -0.25) is 14.9 Å². The molecule has 0 N–H and O–H groups in total. The van der Waals surface area contributed by atoms with E-state index in [1.165, 1.54) is 18.2 Å². The molecule has 0 aromatic heterocycles. The van der Waals surface area contributed by atoms with E-state index in [0.29, 0.717) is 5.56 Å². The molecule has 1 fully saturated rings. The van der Waals surface area contributed by atoms with Gasteiger partial charge in [-0.1, -0.05) is 18.5 Å². The number of non-ortho nitro benzene ring substituents is 1. The largest absolute Gasteiger partial charge is 0.336 e. The Hall–Kier alpha value is -1.62. The topological polar surface area (TPSA) is 63.5 Å². The van der Waals surface area contributed by atoms with Crippen LogP contribution in [0.15, 0.2) is 18.2 Å². The first-order valence-electron chi connectivity index (χ1n) is 6.79. The SMILES string of the molecule is CCC1CCCCN1C(=O)c1ccc([N+](=O)[O-])cc1Cl. The van der Waals surface area contributed by atoms with E-state index in [2.05, 4.69) is 6.92 Å². The van der Waals surface area contributed by atoms with E-state index in [1.807, 2.05) is 4.90 Å². The standard InChI is InChI=1S/C14H17ClN2O3/c1-2-10-5-3-4-8-16(10)14(18)12-7-6-11(17(19)20)9-13(12)15/h6-7,9-10H,2-5,8H2,1H3. The number of nitro groups is 1. The molecule has 1 unspecified atom stereocenters. The molecule has 5 nitrogen and oxygen atoms in total. The van der Waals surface area contributed by atoms with Gasteiger partial charge in [0.15, 0.2) is 0 Å². The zero-order valence-electron chi connectivity index (χ0n) is 11.3. The van der Waals surface area contributed by atoms with Crippen LogP contribution in [0.1, 0.15) is 43.0 Å². The second-order valence-corrected chi connectivity index (χ2v) is 5.38. The predicted molar refractivity (Wildman–Crippen MR) is 77.1 cm³/mol. The molecule has 6 heteroatoms. The molecule has 0 saturated carbocycles. The summed E-state index contributed by atoms with van der Waals surface area (Å²) in [7, 11) is 0. The molecule has 0 spiro atoms. The summed E-state index contributed by atoms with van der Waals surface area (Å²) in [6.07, 6.45) is 4.05. The fourth-order valence-corrected chi connectivity index (χ4v) is 2.89. The van der Waals surface area contributed by atoms with Crippen LogP contribution in [0.3, 0.4) is 0 Å². The number of hydrogen-bond donors (Lipinski definition) is 0. The summed E-state index contributed by atoms with van der Waals surface area (Å²) in [6.45, 7) is 2.79. The normalized spacial score (nSPS) is 18.9. The van der Waals surface area contributed by atoms with Crippen LogP contribution in [0.5, 0.6) is 0 Å². The summed E-state index contributed by atoms with van der Waals surface area (Å²) < 4.78 is 0. The number of nitro benzene ring substituents is 1. The van der Waals surface area contributed by atoms with Crippen molar-refractivity contribution in [1.82, 2.24) is 4.90 Å². The number of rotatable bonds is 3. The van der Waals surface area contributed by atoms with Crippen molar-refractivity contribution in [1.29, 1.82) is 0 Å². The van der Waals surface area contributed by atoms with Crippen molar-refractivity contribution in [2.75, 3.05) is 6.54 Å². The summed E-state index contributed by atoms with van der Waals surface area (Å²) in [6, 6.07) is 4.25. The Morgan fingerprint density at radius 1 is 1.50 bits per heavy atom. The van der Waals surface area contributed by atoms with Gasteiger partial charge in [-0.05, 0) is 31.7 Å². The van der Waals surface area contributed by atoms with Gasteiger partial charge < -0.3 is 4.90 Å². The van der Waals surface area contributed by atoms with Crippen LogP contribution in [0.4, 0.5) is 5.69 Å². The van der Waals surface area contributed by atoms with Crippen molar-refractivity contribution >= 4 is 23.2 Å². The Morgan fingerprint density at radius 3 is 2.85 bits per heavy atom. The highest BCUT2D eigenvalue weighted by Crippen LogP contribution is 2.27. The average molecular weight is 297 g/mol. The highest BCUT2D eigenvalue weighted by Gasteiger charge is 2.27. The van der Waals surface area contributed by atoms with Crippen molar-refractivity contribution in [2.45, 2.75) is 38.6 Å². The zero-order valence-corrected chi connectivity index (χ0v) is 12.1. The summed E-state index contributed by atoms with van der Waals surface area (Å²) in [4.78, 5) is 24.6. The molecule has 1 amide bonds. The lowest BCUT2D eigenvalue weighted by atomic mass is 9.99. The fourth-order valence-electron chi connectivity index (χ4n) is 2.64. The van der Waals surface area contributed by atoms with E-state index < -0.39 is 4.92 Å². The number of carbonyl (C=O) groups excluding carboxylic acids is 1. The molecule has 1 aromatic carbocycles. The molecular formula is C14H17ClN2O3. The summed E-state index contributed by atoms with van der Waals surface area (Å²) in [5.41, 5.74) is 0.245. The first kappa shape index (κ1) is 14.8. The molecule has 1 heterocycles. The maximum absolute atomic E-state index is 12.5.